The van der Waals surface area contributed by atoms with Crippen LogP contribution in [0.3, 0.4) is 0 Å². The number of carbonyl (C=O) groups excluding carboxylic acids is 2. The van der Waals surface area contributed by atoms with Crippen molar-refractivity contribution in [1.29, 1.82) is 0 Å². The van der Waals surface area contributed by atoms with E-state index in [0.717, 1.165) is 15.0 Å². The first-order valence-electron chi connectivity index (χ1n) is 8.47. The van der Waals surface area contributed by atoms with E-state index < -0.39 is 24.3 Å². The molecule has 3 rings (SSSR count). The molecule has 0 unspecified atom stereocenters. The van der Waals surface area contributed by atoms with Gasteiger partial charge < -0.3 is 10.1 Å². The van der Waals surface area contributed by atoms with Crippen LogP contribution in [0.2, 0.25) is 0 Å². The smallest absolute Gasteiger partial charge is 0.326 e. The molecule has 0 fully saturated rings. The third-order valence-electron chi connectivity index (χ3n) is 4.25. The summed E-state index contributed by atoms with van der Waals surface area (Å²) in [7, 11) is 0. The molecular formula is C19H18FN3O4S. The van der Waals surface area contributed by atoms with Crippen LogP contribution in [-0.2, 0) is 27.4 Å². The first-order chi connectivity index (χ1) is 13.4. The van der Waals surface area contributed by atoms with Gasteiger partial charge in [0.2, 0.25) is 0 Å². The van der Waals surface area contributed by atoms with E-state index in [9.17, 15) is 18.8 Å². The third-order valence-corrected chi connectivity index (χ3v) is 5.37. The number of ether oxygens (including phenoxy) is 1. The highest BCUT2D eigenvalue weighted by atomic mass is 32.1. The Bertz CT molecular complexity index is 1110. The van der Waals surface area contributed by atoms with Gasteiger partial charge in [-0.1, -0.05) is 18.2 Å². The predicted octanol–water partition coefficient (Wildman–Crippen LogP) is 2.07. The molecule has 1 N–H and O–H groups in total. The minimum absolute atomic E-state index is 0.0140. The zero-order chi connectivity index (χ0) is 20.3. The SMILES string of the molecule is Cc1sc2ncn(CC(=O)OCC(=O)NCc3ccccc3F)c(=O)c2c1C. The number of thiophene rings is 1. The van der Waals surface area contributed by atoms with Crippen LogP contribution in [0.15, 0.2) is 35.4 Å². The second-order valence-electron chi connectivity index (χ2n) is 6.17. The standard InChI is InChI=1S/C19H18FN3O4S/c1-11-12(2)28-18-17(11)19(26)23(10-22-18)8-16(25)27-9-15(24)21-7-13-5-3-4-6-14(13)20/h3-6,10H,7-9H2,1-2H3,(H,21,24). The van der Waals surface area contributed by atoms with Gasteiger partial charge in [0.05, 0.1) is 11.7 Å². The largest absolute Gasteiger partial charge is 0.454 e. The van der Waals surface area contributed by atoms with Crippen LogP contribution in [0.1, 0.15) is 16.0 Å². The Balaban J connectivity index is 1.56. The maximum atomic E-state index is 13.5. The van der Waals surface area contributed by atoms with E-state index in [4.69, 9.17) is 4.74 Å². The van der Waals surface area contributed by atoms with E-state index in [-0.39, 0.29) is 18.6 Å². The van der Waals surface area contributed by atoms with Crippen molar-refractivity contribution < 1.29 is 18.7 Å². The van der Waals surface area contributed by atoms with Gasteiger partial charge >= 0.3 is 5.97 Å². The molecule has 0 aliphatic heterocycles. The Labute approximate surface area is 163 Å². The van der Waals surface area contributed by atoms with Gasteiger partial charge in [0.15, 0.2) is 6.61 Å². The summed E-state index contributed by atoms with van der Waals surface area (Å²) in [4.78, 5) is 42.1. The number of esters is 1. The van der Waals surface area contributed by atoms with Crippen LogP contribution in [0, 0.1) is 19.7 Å². The summed E-state index contributed by atoms with van der Waals surface area (Å²) in [6.45, 7) is 2.85. The van der Waals surface area contributed by atoms with E-state index in [0.29, 0.717) is 15.8 Å². The lowest BCUT2D eigenvalue weighted by atomic mass is 10.2. The Kier molecular flexibility index (Phi) is 5.84. The van der Waals surface area contributed by atoms with Crippen LogP contribution in [0.25, 0.3) is 10.2 Å². The van der Waals surface area contributed by atoms with Crippen LogP contribution in [0.5, 0.6) is 0 Å². The number of fused-ring (bicyclic) bond motifs is 1. The van der Waals surface area contributed by atoms with Gasteiger partial charge in [-0.15, -0.1) is 11.3 Å². The molecule has 0 saturated heterocycles. The highest BCUT2D eigenvalue weighted by molar-refractivity contribution is 7.18. The summed E-state index contributed by atoms with van der Waals surface area (Å²) in [5.41, 5.74) is 0.843. The molecule has 0 aliphatic rings. The van der Waals surface area contributed by atoms with Crippen LogP contribution < -0.4 is 10.9 Å². The maximum absolute atomic E-state index is 13.5. The molecule has 28 heavy (non-hydrogen) atoms. The zero-order valence-electron chi connectivity index (χ0n) is 15.3. The Morgan fingerprint density at radius 3 is 2.79 bits per heavy atom. The molecule has 0 spiro atoms. The summed E-state index contributed by atoms with van der Waals surface area (Å²) in [5, 5.41) is 2.96. The van der Waals surface area contributed by atoms with E-state index in [2.05, 4.69) is 10.3 Å². The molecule has 1 amide bonds. The average molecular weight is 403 g/mol. The monoisotopic (exact) mass is 403 g/mol. The van der Waals surface area contributed by atoms with E-state index in [1.54, 1.807) is 18.2 Å². The first kappa shape index (κ1) is 19.7. The lowest BCUT2D eigenvalue weighted by molar-refractivity contribution is -0.149. The second kappa shape index (κ2) is 8.30. The first-order valence-corrected chi connectivity index (χ1v) is 9.29. The molecule has 0 atom stereocenters. The Hall–Kier alpha value is -3.07. The molecule has 7 nitrogen and oxygen atoms in total. The van der Waals surface area contributed by atoms with Gasteiger partial charge in [0, 0.05) is 17.0 Å². The third kappa shape index (κ3) is 4.25. The highest BCUT2D eigenvalue weighted by Crippen LogP contribution is 2.25. The number of nitrogens with zero attached hydrogens (tertiary/aromatic N) is 2. The fourth-order valence-corrected chi connectivity index (χ4v) is 3.59. The van der Waals surface area contributed by atoms with E-state index in [1.807, 2.05) is 13.8 Å². The van der Waals surface area contributed by atoms with Crippen molar-refractivity contribution in [2.45, 2.75) is 26.9 Å². The fraction of sp³-hybridized carbons (Fsp3) is 0.263. The van der Waals surface area contributed by atoms with Crippen molar-refractivity contribution in [2.24, 2.45) is 0 Å². The molecule has 1 aromatic carbocycles. The Morgan fingerprint density at radius 1 is 1.29 bits per heavy atom. The summed E-state index contributed by atoms with van der Waals surface area (Å²) in [6, 6.07) is 6.05. The number of hydrogen-bond acceptors (Lipinski definition) is 6. The predicted molar refractivity (Wildman–Crippen MR) is 103 cm³/mol. The van der Waals surface area contributed by atoms with Crippen LogP contribution in [0.4, 0.5) is 4.39 Å². The highest BCUT2D eigenvalue weighted by Gasteiger charge is 2.15. The summed E-state index contributed by atoms with van der Waals surface area (Å²) in [6.07, 6.45) is 1.29. The molecule has 0 aliphatic carbocycles. The topological polar surface area (TPSA) is 90.3 Å². The van der Waals surface area contributed by atoms with Gasteiger partial charge in [-0.3, -0.25) is 19.0 Å². The quantitative estimate of drug-likeness (QED) is 0.637. The van der Waals surface area contributed by atoms with E-state index >= 15 is 0 Å². The molecule has 0 bridgehead atoms. The maximum Gasteiger partial charge on any atom is 0.326 e. The lowest BCUT2D eigenvalue weighted by Crippen LogP contribution is -2.31. The van der Waals surface area contributed by atoms with Crippen molar-refractivity contribution in [3.63, 3.8) is 0 Å². The van der Waals surface area contributed by atoms with Crippen molar-refractivity contribution in [2.75, 3.05) is 6.61 Å². The normalized spacial score (nSPS) is 10.8. The number of halogens is 1. The molecule has 0 saturated carbocycles. The van der Waals surface area contributed by atoms with Gasteiger partial charge in [-0.25, -0.2) is 9.37 Å². The van der Waals surface area contributed by atoms with Gasteiger partial charge in [-0.2, -0.15) is 0 Å². The average Bonchev–Trinajstić information content (AvgIpc) is 2.96. The minimum Gasteiger partial charge on any atom is -0.454 e. The van der Waals surface area contributed by atoms with Gasteiger partial charge in [0.25, 0.3) is 11.5 Å². The number of aryl methyl sites for hydroxylation is 2. The number of rotatable bonds is 6. The van der Waals surface area contributed by atoms with E-state index in [1.165, 1.54) is 23.7 Å². The number of hydrogen-bond donors (Lipinski definition) is 1. The molecule has 2 aromatic heterocycles. The van der Waals surface area contributed by atoms with Crippen molar-refractivity contribution in [3.05, 3.63) is 62.8 Å². The number of amides is 1. The van der Waals surface area contributed by atoms with Crippen molar-refractivity contribution in [1.82, 2.24) is 14.9 Å². The summed E-state index contributed by atoms with van der Waals surface area (Å²) in [5.74, 6) is -1.74. The fourth-order valence-electron chi connectivity index (χ4n) is 2.60. The summed E-state index contributed by atoms with van der Waals surface area (Å²) < 4.78 is 19.6. The molecular weight excluding hydrogens is 385 g/mol. The second-order valence-corrected chi connectivity index (χ2v) is 7.37. The van der Waals surface area contributed by atoms with Crippen LogP contribution in [-0.4, -0.2) is 28.0 Å². The minimum atomic E-state index is -0.742. The molecule has 146 valence electrons. The zero-order valence-corrected chi connectivity index (χ0v) is 16.1. The lowest BCUT2D eigenvalue weighted by Gasteiger charge is -2.08. The van der Waals surface area contributed by atoms with Crippen molar-refractivity contribution >= 4 is 33.4 Å². The van der Waals surface area contributed by atoms with Crippen molar-refractivity contribution in [3.8, 4) is 0 Å². The number of carbonyl (C=O) groups is 2. The molecule has 0 radical (unpaired) electrons. The number of aromatic nitrogens is 2. The van der Waals surface area contributed by atoms with Crippen LogP contribution >= 0.6 is 11.3 Å². The van der Waals surface area contributed by atoms with Gasteiger partial charge in [-0.05, 0) is 25.5 Å². The number of benzene rings is 1. The molecule has 2 heterocycles. The van der Waals surface area contributed by atoms with Gasteiger partial charge in [0.1, 0.15) is 17.2 Å². The molecule has 9 heteroatoms. The number of nitrogens with one attached hydrogen (secondary N) is 1. The Morgan fingerprint density at radius 2 is 2.04 bits per heavy atom. The molecule has 3 aromatic rings. The summed E-state index contributed by atoms with van der Waals surface area (Å²) >= 11 is 1.42.